The van der Waals surface area contributed by atoms with Crippen molar-refractivity contribution in [3.63, 3.8) is 0 Å². The molecule has 0 unspecified atom stereocenters. The van der Waals surface area contributed by atoms with Gasteiger partial charge in [0.15, 0.2) is 0 Å². The summed E-state index contributed by atoms with van der Waals surface area (Å²) in [5, 5.41) is 11.4. The third-order valence-electron chi connectivity index (χ3n) is 3.13. The largest absolute Gasteiger partial charge is 0.480 e. The summed E-state index contributed by atoms with van der Waals surface area (Å²) in [7, 11) is 0. The number of fused-ring (bicyclic) bond motifs is 1. The van der Waals surface area contributed by atoms with Crippen molar-refractivity contribution in [1.29, 1.82) is 0 Å². The van der Waals surface area contributed by atoms with E-state index in [0.29, 0.717) is 5.82 Å². The number of nitrogens with one attached hydrogen (secondary N) is 1. The number of aliphatic carboxylic acids is 1. The molecule has 0 fully saturated rings. The van der Waals surface area contributed by atoms with Gasteiger partial charge in [-0.3, -0.25) is 9.78 Å². The van der Waals surface area contributed by atoms with Crippen LogP contribution in [-0.2, 0) is 17.6 Å². The van der Waals surface area contributed by atoms with Gasteiger partial charge in [-0.15, -0.1) is 0 Å². The van der Waals surface area contributed by atoms with Crippen molar-refractivity contribution in [3.05, 3.63) is 17.6 Å². The number of carbonyl (C=O) groups is 1. The van der Waals surface area contributed by atoms with Crippen LogP contribution in [0.25, 0.3) is 0 Å². The van der Waals surface area contributed by atoms with Gasteiger partial charge in [-0.1, -0.05) is 6.92 Å². The topological polar surface area (TPSA) is 78.4 Å². The quantitative estimate of drug-likeness (QED) is 0.805. The fourth-order valence-corrected chi connectivity index (χ4v) is 2.07. The molecular formula is C12H18N4O2. The van der Waals surface area contributed by atoms with Gasteiger partial charge in [0.05, 0.1) is 17.6 Å². The monoisotopic (exact) mass is 250 g/mol. The first-order valence-corrected chi connectivity index (χ1v) is 6.22. The van der Waals surface area contributed by atoms with Crippen molar-refractivity contribution in [2.24, 2.45) is 0 Å². The summed E-state index contributed by atoms with van der Waals surface area (Å²) in [6, 6.07) is 0. The van der Waals surface area contributed by atoms with Crippen LogP contribution in [0.1, 0.15) is 18.3 Å². The molecule has 0 aromatic carbocycles. The van der Waals surface area contributed by atoms with E-state index in [1.165, 1.54) is 0 Å². The minimum Gasteiger partial charge on any atom is -0.480 e. The molecule has 0 atom stereocenters. The summed E-state index contributed by atoms with van der Waals surface area (Å²) >= 11 is 0. The van der Waals surface area contributed by atoms with Crippen molar-refractivity contribution < 1.29 is 9.90 Å². The van der Waals surface area contributed by atoms with Crippen LogP contribution in [0.5, 0.6) is 0 Å². The molecule has 0 spiro atoms. The average Bonchev–Trinajstić information content (AvgIpc) is 2.57. The van der Waals surface area contributed by atoms with E-state index in [2.05, 4.69) is 27.1 Å². The Balaban J connectivity index is 2.07. The minimum atomic E-state index is -0.899. The number of likely N-dealkylation sites (N-methyl/N-ethyl adjacent to an activating group) is 1. The molecule has 6 nitrogen and oxygen atoms in total. The highest BCUT2D eigenvalue weighted by molar-refractivity contribution is 5.72. The predicted octanol–water partition coefficient (Wildman–Crippen LogP) is 0.394. The Kier molecular flexibility index (Phi) is 4.09. The van der Waals surface area contributed by atoms with E-state index in [1.807, 2.05) is 0 Å². The summed E-state index contributed by atoms with van der Waals surface area (Å²) in [4.78, 5) is 21.7. The minimum absolute atomic E-state index is 0.130. The molecule has 0 saturated heterocycles. The lowest BCUT2D eigenvalue weighted by Crippen LogP contribution is -2.25. The maximum absolute atomic E-state index is 10.5. The lowest BCUT2D eigenvalue weighted by Gasteiger charge is -2.15. The zero-order valence-electron chi connectivity index (χ0n) is 10.5. The molecule has 0 saturated carbocycles. The van der Waals surface area contributed by atoms with Crippen LogP contribution in [-0.4, -0.2) is 52.1 Å². The number of aromatic nitrogens is 2. The standard InChI is InChI=1S/C12H18N4O2/c1-2-16-5-3-9-10(4-6-16)15-11(7-13-9)14-8-12(17)18/h7H,2-6,8H2,1H3,(H,14,15)(H,17,18). The van der Waals surface area contributed by atoms with Crippen molar-refractivity contribution >= 4 is 11.8 Å². The second-order valence-electron chi connectivity index (χ2n) is 4.33. The highest BCUT2D eigenvalue weighted by Crippen LogP contribution is 2.13. The Morgan fingerprint density at radius 1 is 1.44 bits per heavy atom. The first kappa shape index (κ1) is 12.8. The van der Waals surface area contributed by atoms with Gasteiger partial charge in [-0.05, 0) is 6.54 Å². The van der Waals surface area contributed by atoms with E-state index in [-0.39, 0.29) is 6.54 Å². The fourth-order valence-electron chi connectivity index (χ4n) is 2.07. The molecule has 2 N–H and O–H groups in total. The second kappa shape index (κ2) is 5.77. The van der Waals surface area contributed by atoms with E-state index in [1.54, 1.807) is 6.20 Å². The smallest absolute Gasteiger partial charge is 0.322 e. The van der Waals surface area contributed by atoms with Crippen LogP contribution in [0.4, 0.5) is 5.82 Å². The number of rotatable bonds is 4. The lowest BCUT2D eigenvalue weighted by atomic mass is 10.2. The molecule has 1 aromatic heterocycles. The van der Waals surface area contributed by atoms with Crippen LogP contribution in [0.3, 0.4) is 0 Å². The zero-order chi connectivity index (χ0) is 13.0. The summed E-state index contributed by atoms with van der Waals surface area (Å²) in [5.41, 5.74) is 2.02. The Morgan fingerprint density at radius 2 is 2.17 bits per heavy atom. The first-order chi connectivity index (χ1) is 8.69. The van der Waals surface area contributed by atoms with Crippen LogP contribution in [0.15, 0.2) is 6.20 Å². The van der Waals surface area contributed by atoms with Gasteiger partial charge in [0, 0.05) is 25.9 Å². The number of hydrogen-bond acceptors (Lipinski definition) is 5. The molecule has 2 rings (SSSR count). The number of anilines is 1. The highest BCUT2D eigenvalue weighted by atomic mass is 16.4. The molecular weight excluding hydrogens is 232 g/mol. The van der Waals surface area contributed by atoms with E-state index in [4.69, 9.17) is 5.11 Å². The van der Waals surface area contributed by atoms with Crippen molar-refractivity contribution in [1.82, 2.24) is 14.9 Å². The molecule has 1 aliphatic heterocycles. The van der Waals surface area contributed by atoms with Crippen LogP contribution < -0.4 is 5.32 Å². The summed E-state index contributed by atoms with van der Waals surface area (Å²) in [5.74, 6) is -0.356. The van der Waals surface area contributed by atoms with Crippen LogP contribution in [0, 0.1) is 0 Å². The van der Waals surface area contributed by atoms with Crippen molar-refractivity contribution in [2.75, 3.05) is 31.5 Å². The number of carboxylic acids is 1. The normalized spacial score (nSPS) is 15.8. The maximum atomic E-state index is 10.5. The van der Waals surface area contributed by atoms with E-state index < -0.39 is 5.97 Å². The van der Waals surface area contributed by atoms with Gasteiger partial charge in [-0.2, -0.15) is 0 Å². The molecule has 18 heavy (non-hydrogen) atoms. The zero-order valence-corrected chi connectivity index (χ0v) is 10.5. The van der Waals surface area contributed by atoms with E-state index in [9.17, 15) is 4.79 Å². The Labute approximate surface area is 106 Å². The molecule has 0 amide bonds. The molecule has 0 aliphatic carbocycles. The molecule has 98 valence electrons. The summed E-state index contributed by atoms with van der Waals surface area (Å²) in [6.45, 7) is 5.06. The van der Waals surface area contributed by atoms with Gasteiger partial charge in [0.2, 0.25) is 0 Å². The van der Waals surface area contributed by atoms with Crippen LogP contribution >= 0.6 is 0 Å². The molecule has 0 bridgehead atoms. The van der Waals surface area contributed by atoms with Gasteiger partial charge >= 0.3 is 5.97 Å². The molecule has 0 radical (unpaired) electrons. The first-order valence-electron chi connectivity index (χ1n) is 6.22. The highest BCUT2D eigenvalue weighted by Gasteiger charge is 2.15. The van der Waals surface area contributed by atoms with Gasteiger partial charge < -0.3 is 15.3 Å². The molecule has 6 heteroatoms. The van der Waals surface area contributed by atoms with Crippen molar-refractivity contribution in [2.45, 2.75) is 19.8 Å². The van der Waals surface area contributed by atoms with Crippen LogP contribution in [0.2, 0.25) is 0 Å². The van der Waals surface area contributed by atoms with E-state index in [0.717, 1.165) is 43.9 Å². The summed E-state index contributed by atoms with van der Waals surface area (Å²) in [6.07, 6.45) is 3.40. The predicted molar refractivity (Wildman–Crippen MR) is 67.7 cm³/mol. The SMILES string of the molecule is CCN1CCc2ncc(NCC(=O)O)nc2CC1. The maximum Gasteiger partial charge on any atom is 0.322 e. The van der Waals surface area contributed by atoms with Gasteiger partial charge in [0.25, 0.3) is 0 Å². The number of nitrogens with zero attached hydrogens (tertiary/aromatic N) is 3. The summed E-state index contributed by atoms with van der Waals surface area (Å²) < 4.78 is 0. The fraction of sp³-hybridized carbons (Fsp3) is 0.583. The number of hydrogen-bond donors (Lipinski definition) is 2. The second-order valence-corrected chi connectivity index (χ2v) is 4.33. The van der Waals surface area contributed by atoms with E-state index >= 15 is 0 Å². The Morgan fingerprint density at radius 3 is 2.83 bits per heavy atom. The molecule has 1 aromatic rings. The van der Waals surface area contributed by atoms with Gasteiger partial charge in [-0.25, -0.2) is 4.98 Å². The van der Waals surface area contributed by atoms with Gasteiger partial charge in [0.1, 0.15) is 12.4 Å². The Hall–Kier alpha value is -1.69. The molecule has 2 heterocycles. The third-order valence-corrected chi connectivity index (χ3v) is 3.13. The van der Waals surface area contributed by atoms with Crippen molar-refractivity contribution in [3.8, 4) is 0 Å². The third kappa shape index (κ3) is 3.16. The Bertz CT molecular complexity index is 436. The average molecular weight is 250 g/mol. The number of carboxylic acid groups (broad SMARTS) is 1. The molecule has 1 aliphatic rings. The lowest BCUT2D eigenvalue weighted by molar-refractivity contribution is -0.134.